The molecule has 1 aromatic heterocycles. The summed E-state index contributed by atoms with van der Waals surface area (Å²) >= 11 is 0. The van der Waals surface area contributed by atoms with E-state index in [-0.39, 0.29) is 63.1 Å². The number of imide groups is 1. The predicted octanol–water partition coefficient (Wildman–Crippen LogP) is -1.18. The molecule has 5 aliphatic rings. The molecule has 0 saturated heterocycles. The van der Waals surface area contributed by atoms with Crippen LogP contribution in [0, 0.1) is 18.7 Å². The molecule has 0 saturated carbocycles. The van der Waals surface area contributed by atoms with Gasteiger partial charge < -0.3 is 56.4 Å². The van der Waals surface area contributed by atoms with Crippen molar-refractivity contribution in [2.24, 2.45) is 10.9 Å². The quantitative estimate of drug-likeness (QED) is 0.0281. The SMILES string of the molecule is CC[C@@]1(O)C(=O)OCc2c1cc1n(c2=O)CC2C3=c4c(c(C)c(F)cc4=NC12)CC[C@@H]3NC(=O)CCNC(=O)CNC(=O)C(Cc1ccccc1)NC(=O)CNC(=O)CNC(=O)C(CC(=O)OC(C)(C)C)NC(=O)CCCCCN1C(=O)C=CC1=O. The van der Waals surface area contributed by atoms with Crippen molar-refractivity contribution >= 4 is 70.7 Å². The molecule has 6 atom stereocenters. The van der Waals surface area contributed by atoms with Crippen LogP contribution in [0.1, 0.15) is 119 Å². The van der Waals surface area contributed by atoms with Gasteiger partial charge in [-0.25, -0.2) is 9.18 Å². The molecule has 4 aliphatic heterocycles. The van der Waals surface area contributed by atoms with Crippen LogP contribution in [0.4, 0.5) is 4.39 Å². The van der Waals surface area contributed by atoms with Crippen LogP contribution in [-0.4, -0.2) is 136 Å². The van der Waals surface area contributed by atoms with E-state index in [1.807, 2.05) is 0 Å². The number of halogens is 1. The zero-order valence-electron chi connectivity index (χ0n) is 48.5. The van der Waals surface area contributed by atoms with E-state index in [1.165, 1.54) is 18.2 Å². The zero-order chi connectivity index (χ0) is 62.2. The van der Waals surface area contributed by atoms with Crippen LogP contribution in [-0.2, 0) is 93.8 Å². The molecule has 25 nitrogen and oxygen atoms in total. The molecule has 458 valence electrons. The van der Waals surface area contributed by atoms with E-state index in [9.17, 15) is 62.6 Å². The van der Waals surface area contributed by atoms with Gasteiger partial charge in [-0.3, -0.25) is 62.6 Å². The minimum atomic E-state index is -2.05. The molecule has 8 N–H and O–H groups in total. The van der Waals surface area contributed by atoms with Gasteiger partial charge in [0.05, 0.1) is 49.1 Å². The van der Waals surface area contributed by atoms with E-state index in [0.717, 1.165) is 16.0 Å². The Morgan fingerprint density at radius 1 is 0.814 bits per heavy atom. The average Bonchev–Trinajstić information content (AvgIpc) is 1.46. The smallest absolute Gasteiger partial charge is 0.343 e. The number of ether oxygens (including phenoxy) is 2. The molecular formula is C60H71FN10O15. The normalized spacial score (nSPS) is 19.5. The fourth-order valence-electron chi connectivity index (χ4n) is 11.3. The summed E-state index contributed by atoms with van der Waals surface area (Å²) in [6.45, 7) is 6.17. The standard InChI is InChI=1S/C60H71FN10O15/c1-6-60(84)37-24-43-54-35(30-71(43)57(82)36(37)31-85-58(60)83)53-39(17-16-34-32(2)38(61)25-40(69-54)52(34)53)66-45(73)20-21-62-46(74)27-64-55(80)41(23-33-13-9-7-10-14-33)68-48(76)29-63-47(75)28-65-56(81)42(26-51(79)86-59(3,4)5)67-44(72)15-11-8-12-22-70-49(77)18-19-50(70)78/h7,9-10,13-14,18-19,24-25,35,39,41-42,54,84H,6,8,11-12,15-17,20-23,26-31H2,1-5H3,(H,62,74)(H,63,75)(H,64,80)(H,65,81)(H,66,73)(H,67,72)(H,68,76)/t35?,39-,41?,42?,54?,60-/m0/s1. The van der Waals surface area contributed by atoms with Gasteiger partial charge in [-0.1, -0.05) is 43.7 Å². The number of nitrogens with zero attached hydrogens (tertiary/aromatic N) is 3. The third-order valence-corrected chi connectivity index (χ3v) is 15.7. The maximum absolute atomic E-state index is 15.5. The Kier molecular flexibility index (Phi) is 19.8. The number of rotatable bonds is 25. The lowest BCUT2D eigenvalue weighted by atomic mass is 9.76. The first-order valence-corrected chi connectivity index (χ1v) is 28.7. The topological polar surface area (TPSA) is 348 Å². The monoisotopic (exact) mass is 1190 g/mol. The number of benzene rings is 2. The summed E-state index contributed by atoms with van der Waals surface area (Å²) in [7, 11) is 0. The largest absolute Gasteiger partial charge is 0.460 e. The van der Waals surface area contributed by atoms with Crippen molar-refractivity contribution in [3.05, 3.63) is 115 Å². The number of carbonyl (C=O) groups excluding carboxylic acids is 11. The van der Waals surface area contributed by atoms with E-state index in [1.54, 1.807) is 75.6 Å². The lowest BCUT2D eigenvalue weighted by Crippen LogP contribution is -2.53. The van der Waals surface area contributed by atoms with Crippen LogP contribution in [0.25, 0.3) is 5.57 Å². The molecule has 0 fully saturated rings. The number of pyridine rings is 1. The molecule has 9 amide bonds. The van der Waals surface area contributed by atoms with Crippen molar-refractivity contribution in [1.29, 1.82) is 0 Å². The zero-order valence-corrected chi connectivity index (χ0v) is 48.5. The van der Waals surface area contributed by atoms with Gasteiger partial charge >= 0.3 is 11.9 Å². The number of esters is 2. The third kappa shape index (κ3) is 14.8. The Morgan fingerprint density at radius 2 is 1.48 bits per heavy atom. The highest BCUT2D eigenvalue weighted by Gasteiger charge is 2.49. The molecule has 4 unspecified atom stereocenters. The van der Waals surface area contributed by atoms with E-state index in [2.05, 4.69) is 37.2 Å². The number of aromatic nitrogens is 1. The van der Waals surface area contributed by atoms with E-state index >= 15 is 4.39 Å². The number of carbonyl (C=O) groups is 11. The Morgan fingerprint density at radius 3 is 2.16 bits per heavy atom. The fraction of sp³-hybridized carbons (Fsp3) is 0.483. The van der Waals surface area contributed by atoms with Gasteiger partial charge in [0.15, 0.2) is 5.60 Å². The predicted molar refractivity (Wildman–Crippen MR) is 302 cm³/mol. The first-order valence-electron chi connectivity index (χ1n) is 28.7. The van der Waals surface area contributed by atoms with Crippen molar-refractivity contribution < 1.29 is 71.7 Å². The molecule has 1 aliphatic carbocycles. The number of hydrogen-bond donors (Lipinski definition) is 8. The van der Waals surface area contributed by atoms with E-state index < -0.39 is 144 Å². The van der Waals surface area contributed by atoms with Gasteiger partial charge in [0.1, 0.15) is 30.1 Å². The number of nitrogens with one attached hydrogen (secondary N) is 7. The molecule has 0 spiro atoms. The van der Waals surface area contributed by atoms with Gasteiger partial charge in [0, 0.05) is 73.4 Å². The van der Waals surface area contributed by atoms with Crippen LogP contribution in [0.3, 0.4) is 0 Å². The van der Waals surface area contributed by atoms with Crippen LogP contribution >= 0.6 is 0 Å². The Labute approximate surface area is 493 Å². The van der Waals surface area contributed by atoms with Crippen molar-refractivity contribution in [3.8, 4) is 0 Å². The number of hydrogen-bond acceptors (Lipinski definition) is 16. The molecule has 86 heavy (non-hydrogen) atoms. The van der Waals surface area contributed by atoms with Crippen molar-refractivity contribution in [2.45, 2.75) is 147 Å². The molecule has 0 radical (unpaired) electrons. The lowest BCUT2D eigenvalue weighted by Gasteiger charge is -2.35. The van der Waals surface area contributed by atoms with Crippen LogP contribution in [0.2, 0.25) is 0 Å². The van der Waals surface area contributed by atoms with Gasteiger partial charge in [-0.05, 0) is 94.2 Å². The highest BCUT2D eigenvalue weighted by atomic mass is 19.1. The second kappa shape index (κ2) is 27.0. The van der Waals surface area contributed by atoms with E-state index in [4.69, 9.17) is 14.5 Å². The highest BCUT2D eigenvalue weighted by Crippen LogP contribution is 2.45. The molecular weight excluding hydrogens is 1120 g/mol. The second-order valence-electron chi connectivity index (χ2n) is 22.8. The maximum Gasteiger partial charge on any atom is 0.343 e. The van der Waals surface area contributed by atoms with Crippen LogP contribution in [0.5, 0.6) is 0 Å². The van der Waals surface area contributed by atoms with Crippen LogP contribution in [0.15, 0.2) is 64.4 Å². The molecule has 8 rings (SSSR count). The van der Waals surface area contributed by atoms with Gasteiger partial charge in [0.2, 0.25) is 41.4 Å². The number of amides is 9. The van der Waals surface area contributed by atoms with Crippen molar-refractivity contribution in [3.63, 3.8) is 0 Å². The van der Waals surface area contributed by atoms with Gasteiger partial charge in [-0.2, -0.15) is 0 Å². The number of cyclic esters (lactones) is 1. The Hall–Kier alpha value is -8.94. The summed E-state index contributed by atoms with van der Waals surface area (Å²) in [5.74, 6) is -8.36. The van der Waals surface area contributed by atoms with E-state index in [0.29, 0.717) is 59.5 Å². The molecule has 26 heteroatoms. The first-order chi connectivity index (χ1) is 40.8. The lowest BCUT2D eigenvalue weighted by molar-refractivity contribution is -0.172. The van der Waals surface area contributed by atoms with Gasteiger partial charge in [-0.15, -0.1) is 0 Å². The second-order valence-corrected chi connectivity index (χ2v) is 22.8. The minimum absolute atomic E-state index is 0.0211. The molecule has 2 aromatic carbocycles. The third-order valence-electron chi connectivity index (χ3n) is 15.7. The number of fused-ring (bicyclic) bond motifs is 5. The first kappa shape index (κ1) is 63.1. The average molecular weight is 1190 g/mol. The molecule has 0 bridgehead atoms. The fourth-order valence-corrected chi connectivity index (χ4v) is 11.3. The van der Waals surface area contributed by atoms with Crippen molar-refractivity contribution in [1.82, 2.24) is 46.7 Å². The molecule has 5 heterocycles. The van der Waals surface area contributed by atoms with Crippen molar-refractivity contribution in [2.75, 3.05) is 32.7 Å². The minimum Gasteiger partial charge on any atom is -0.460 e. The summed E-state index contributed by atoms with van der Waals surface area (Å²) < 4.78 is 27.6. The summed E-state index contributed by atoms with van der Waals surface area (Å²) in [5, 5.41) is 30.4. The summed E-state index contributed by atoms with van der Waals surface area (Å²) in [5.41, 5.74) is -0.0397. The van der Waals surface area contributed by atoms with Gasteiger partial charge in [0.25, 0.3) is 17.4 Å². The summed E-state index contributed by atoms with van der Waals surface area (Å²) in [6.07, 6.45) is 3.53. The Balaban J connectivity index is 0.813. The summed E-state index contributed by atoms with van der Waals surface area (Å²) in [6, 6.07) is 7.63. The summed E-state index contributed by atoms with van der Waals surface area (Å²) in [4.78, 5) is 162. The number of unbranched alkanes of at least 4 members (excludes halogenated alkanes) is 2. The molecule has 3 aromatic rings. The number of aliphatic hydroxyl groups is 1. The Bertz CT molecular complexity index is 3470. The van der Waals surface area contributed by atoms with Crippen LogP contribution < -0.4 is 53.4 Å². The highest BCUT2D eigenvalue weighted by molar-refractivity contribution is 6.12. The maximum atomic E-state index is 15.5.